The minimum atomic E-state index is -3.52. The van der Waals surface area contributed by atoms with Crippen molar-refractivity contribution in [1.29, 1.82) is 0 Å². The quantitative estimate of drug-likeness (QED) is 0.589. The summed E-state index contributed by atoms with van der Waals surface area (Å²) in [5.74, 6) is 2.12. The van der Waals surface area contributed by atoms with Gasteiger partial charge < -0.3 is 0 Å². The fraction of sp³-hybridized carbons (Fsp3) is 0.429. The average molecular weight is 319 g/mol. The normalized spacial score (nSPS) is 11.6. The second kappa shape index (κ2) is 7.24. The van der Waals surface area contributed by atoms with Gasteiger partial charge in [-0.05, 0) is 45.9 Å². The van der Waals surface area contributed by atoms with E-state index in [4.69, 9.17) is 20.6 Å². The lowest BCUT2D eigenvalue weighted by molar-refractivity contribution is 0.151. The lowest BCUT2D eigenvalue weighted by Crippen LogP contribution is -2.06. The van der Waals surface area contributed by atoms with Gasteiger partial charge in [-0.1, -0.05) is 17.5 Å². The number of rotatable bonds is 4. The molecule has 0 atom stereocenters. The maximum Gasteiger partial charge on any atom is 0.406 e. The molecule has 3 nitrogen and oxygen atoms in total. The maximum atomic E-state index is 13.0. The number of hydrogen-bond acceptors (Lipinski definition) is 3. The predicted molar refractivity (Wildman–Crippen MR) is 78.3 cm³/mol. The molecular formula is C14H17ClFO3P. The lowest BCUT2D eigenvalue weighted by atomic mass is 10.2. The Labute approximate surface area is 124 Å². The van der Waals surface area contributed by atoms with E-state index in [0.29, 0.717) is 5.56 Å². The van der Waals surface area contributed by atoms with E-state index in [0.717, 1.165) is 0 Å². The Balaban J connectivity index is 3.03. The SMILES string of the molecule is CC(C)OP(=O)(C#Cc1ccc(F)c(Cl)c1)OC(C)C. The Morgan fingerprint density at radius 2 is 1.75 bits per heavy atom. The summed E-state index contributed by atoms with van der Waals surface area (Å²) < 4.78 is 36.0. The van der Waals surface area contributed by atoms with E-state index in [1.165, 1.54) is 18.2 Å². The lowest BCUT2D eigenvalue weighted by Gasteiger charge is -2.17. The summed E-state index contributed by atoms with van der Waals surface area (Å²) in [5, 5.41) is -0.0406. The van der Waals surface area contributed by atoms with Crippen molar-refractivity contribution in [2.45, 2.75) is 39.9 Å². The van der Waals surface area contributed by atoms with Crippen LogP contribution in [0.3, 0.4) is 0 Å². The molecule has 110 valence electrons. The van der Waals surface area contributed by atoms with Gasteiger partial charge in [0.1, 0.15) is 5.82 Å². The predicted octanol–water partition coefficient (Wildman–Crippen LogP) is 4.83. The molecule has 0 unspecified atom stereocenters. The van der Waals surface area contributed by atoms with Crippen LogP contribution in [-0.4, -0.2) is 12.2 Å². The van der Waals surface area contributed by atoms with Crippen LogP contribution < -0.4 is 0 Å². The molecule has 1 rings (SSSR count). The molecule has 0 aromatic heterocycles. The molecule has 0 aliphatic rings. The van der Waals surface area contributed by atoms with Crippen LogP contribution in [0.2, 0.25) is 5.02 Å². The van der Waals surface area contributed by atoms with E-state index in [2.05, 4.69) is 11.6 Å². The van der Waals surface area contributed by atoms with Gasteiger partial charge in [-0.2, -0.15) is 0 Å². The summed E-state index contributed by atoms with van der Waals surface area (Å²) in [7, 11) is -3.52. The summed E-state index contributed by atoms with van der Waals surface area (Å²) in [4.78, 5) is 0. The zero-order valence-corrected chi connectivity index (χ0v) is 13.5. The largest absolute Gasteiger partial charge is 0.406 e. The van der Waals surface area contributed by atoms with Crippen molar-refractivity contribution >= 4 is 19.2 Å². The molecule has 1 aromatic carbocycles. The zero-order valence-electron chi connectivity index (χ0n) is 11.8. The minimum absolute atomic E-state index is 0.0406. The third-order valence-electron chi connectivity index (χ3n) is 1.96. The second-order valence-electron chi connectivity index (χ2n) is 4.67. The summed E-state index contributed by atoms with van der Waals surface area (Å²) >= 11 is 5.66. The minimum Gasteiger partial charge on any atom is -0.297 e. The molecule has 6 heteroatoms. The summed E-state index contributed by atoms with van der Waals surface area (Å²) in [6.45, 7) is 6.97. The van der Waals surface area contributed by atoms with Gasteiger partial charge in [0.2, 0.25) is 0 Å². The first kappa shape index (κ1) is 17.2. The van der Waals surface area contributed by atoms with Crippen LogP contribution >= 0.6 is 19.2 Å². The van der Waals surface area contributed by atoms with Gasteiger partial charge >= 0.3 is 7.60 Å². The van der Waals surface area contributed by atoms with Crippen LogP contribution in [0.25, 0.3) is 0 Å². The number of hydrogen-bond donors (Lipinski definition) is 0. The van der Waals surface area contributed by atoms with Crippen molar-refractivity contribution in [2.24, 2.45) is 0 Å². The van der Waals surface area contributed by atoms with Crippen molar-refractivity contribution in [3.8, 4) is 11.6 Å². The molecule has 0 spiro atoms. The molecular weight excluding hydrogens is 302 g/mol. The van der Waals surface area contributed by atoms with Crippen molar-refractivity contribution in [1.82, 2.24) is 0 Å². The van der Waals surface area contributed by atoms with Crippen molar-refractivity contribution in [3.63, 3.8) is 0 Å². The van der Waals surface area contributed by atoms with Gasteiger partial charge in [-0.25, -0.2) is 8.96 Å². The molecule has 0 fully saturated rings. The van der Waals surface area contributed by atoms with E-state index in [-0.39, 0.29) is 17.2 Å². The molecule has 0 saturated carbocycles. The fourth-order valence-corrected chi connectivity index (χ4v) is 3.05. The molecule has 0 aliphatic carbocycles. The molecule has 0 aliphatic heterocycles. The Morgan fingerprint density at radius 3 is 2.20 bits per heavy atom. The molecule has 0 saturated heterocycles. The molecule has 0 bridgehead atoms. The first-order valence-electron chi connectivity index (χ1n) is 6.17. The standard InChI is InChI=1S/C14H17ClFO3P/c1-10(2)18-20(17,19-11(3)4)8-7-12-5-6-14(16)13(15)9-12/h5-6,9-11H,1-4H3. The highest BCUT2D eigenvalue weighted by Gasteiger charge is 2.25. The first-order chi connectivity index (χ1) is 9.22. The molecule has 0 amide bonds. The average Bonchev–Trinajstić information content (AvgIpc) is 2.28. The van der Waals surface area contributed by atoms with Crippen LogP contribution in [0.5, 0.6) is 0 Å². The van der Waals surface area contributed by atoms with Gasteiger partial charge in [0.05, 0.1) is 17.2 Å². The highest BCUT2D eigenvalue weighted by molar-refractivity contribution is 7.59. The third kappa shape index (κ3) is 5.64. The Morgan fingerprint density at radius 1 is 1.20 bits per heavy atom. The van der Waals surface area contributed by atoms with Crippen LogP contribution in [0.15, 0.2) is 18.2 Å². The Kier molecular flexibility index (Phi) is 6.23. The van der Waals surface area contributed by atoms with E-state index >= 15 is 0 Å². The monoisotopic (exact) mass is 318 g/mol. The van der Waals surface area contributed by atoms with E-state index in [1.54, 1.807) is 27.7 Å². The van der Waals surface area contributed by atoms with Gasteiger partial charge in [0.15, 0.2) is 0 Å². The molecule has 0 radical (unpaired) electrons. The second-order valence-corrected chi connectivity index (χ2v) is 6.72. The van der Waals surface area contributed by atoms with Crippen LogP contribution in [0.4, 0.5) is 4.39 Å². The zero-order chi connectivity index (χ0) is 15.3. The van der Waals surface area contributed by atoms with Gasteiger partial charge in [-0.3, -0.25) is 9.05 Å². The fourth-order valence-electron chi connectivity index (χ4n) is 1.34. The highest BCUT2D eigenvalue weighted by atomic mass is 35.5. The van der Waals surface area contributed by atoms with E-state index in [9.17, 15) is 8.96 Å². The summed E-state index contributed by atoms with van der Waals surface area (Å²) in [6, 6.07) is 4.01. The van der Waals surface area contributed by atoms with Crippen molar-refractivity contribution in [3.05, 3.63) is 34.6 Å². The molecule has 1 aromatic rings. The Hall–Kier alpha value is -0.850. The number of benzene rings is 1. The van der Waals surface area contributed by atoms with Crippen LogP contribution in [0, 0.1) is 17.4 Å². The summed E-state index contributed by atoms with van der Waals surface area (Å²) in [6.07, 6.45) is -0.573. The summed E-state index contributed by atoms with van der Waals surface area (Å²) in [5.41, 5.74) is 2.94. The number of halogens is 2. The van der Waals surface area contributed by atoms with Crippen molar-refractivity contribution in [2.75, 3.05) is 0 Å². The van der Waals surface area contributed by atoms with Crippen molar-refractivity contribution < 1.29 is 18.0 Å². The van der Waals surface area contributed by atoms with E-state index in [1.807, 2.05) is 0 Å². The van der Waals surface area contributed by atoms with Crippen LogP contribution in [0.1, 0.15) is 33.3 Å². The first-order valence-corrected chi connectivity index (χ1v) is 8.09. The van der Waals surface area contributed by atoms with Gasteiger partial charge in [0.25, 0.3) is 0 Å². The molecule has 0 heterocycles. The van der Waals surface area contributed by atoms with E-state index < -0.39 is 13.4 Å². The molecule has 0 N–H and O–H groups in total. The highest BCUT2D eigenvalue weighted by Crippen LogP contribution is 2.49. The van der Waals surface area contributed by atoms with Gasteiger partial charge in [0, 0.05) is 11.2 Å². The van der Waals surface area contributed by atoms with Gasteiger partial charge in [-0.15, -0.1) is 0 Å². The molecule has 20 heavy (non-hydrogen) atoms. The smallest absolute Gasteiger partial charge is 0.297 e. The maximum absolute atomic E-state index is 13.0. The van der Waals surface area contributed by atoms with Crippen LogP contribution in [-0.2, 0) is 13.6 Å². The Bertz CT molecular complexity index is 562. The third-order valence-corrected chi connectivity index (χ3v) is 4.03. The topological polar surface area (TPSA) is 35.5 Å².